The van der Waals surface area contributed by atoms with Crippen LogP contribution in [-0.2, 0) is 0 Å². The number of amidine groups is 1. The van der Waals surface area contributed by atoms with Crippen molar-refractivity contribution in [2.24, 2.45) is 0 Å². The molecule has 1 N–H and O–H groups in total. The molecule has 0 spiro atoms. The van der Waals surface area contributed by atoms with E-state index in [1.165, 1.54) is 9.80 Å². The summed E-state index contributed by atoms with van der Waals surface area (Å²) >= 11 is 11.9. The third-order valence-electron chi connectivity index (χ3n) is 3.91. The van der Waals surface area contributed by atoms with Crippen molar-refractivity contribution < 1.29 is 4.79 Å². The molecule has 2 unspecified atom stereocenters. The van der Waals surface area contributed by atoms with Crippen LogP contribution < -0.4 is 4.90 Å². The summed E-state index contributed by atoms with van der Waals surface area (Å²) in [6, 6.07) is 5.83. The van der Waals surface area contributed by atoms with Gasteiger partial charge in [-0.1, -0.05) is 23.2 Å². The van der Waals surface area contributed by atoms with Crippen molar-refractivity contribution in [1.82, 2.24) is 4.90 Å². The van der Waals surface area contributed by atoms with Crippen molar-refractivity contribution in [2.75, 3.05) is 4.90 Å². The fraction of sp³-hybridized carbons (Fsp3) is 0.357. The molecule has 2 atom stereocenters. The van der Waals surface area contributed by atoms with Gasteiger partial charge in [-0.3, -0.25) is 10.3 Å². The summed E-state index contributed by atoms with van der Waals surface area (Å²) in [4.78, 5) is 15.4. The maximum atomic E-state index is 12.6. The van der Waals surface area contributed by atoms with E-state index >= 15 is 0 Å². The minimum Gasteiger partial charge on any atom is -0.298 e. The first-order chi connectivity index (χ1) is 10.0. The molecule has 0 bridgehead atoms. The van der Waals surface area contributed by atoms with Gasteiger partial charge in [-0.2, -0.15) is 5.26 Å². The van der Waals surface area contributed by atoms with Crippen LogP contribution in [0.5, 0.6) is 0 Å². The topological polar surface area (TPSA) is 71.2 Å². The van der Waals surface area contributed by atoms with Gasteiger partial charge >= 0.3 is 6.03 Å². The Morgan fingerprint density at radius 1 is 1.29 bits per heavy atom. The van der Waals surface area contributed by atoms with Crippen LogP contribution in [0.3, 0.4) is 0 Å². The number of urea groups is 1. The molecule has 2 aliphatic heterocycles. The molecule has 0 saturated carbocycles. The minimum atomic E-state index is -0.468. The molecule has 0 radical (unpaired) electrons. The number of anilines is 1. The van der Waals surface area contributed by atoms with Gasteiger partial charge in [0.25, 0.3) is 0 Å². The fourth-order valence-electron chi connectivity index (χ4n) is 2.90. The zero-order chi connectivity index (χ0) is 15.1. The lowest BCUT2D eigenvalue weighted by Gasteiger charge is -2.31. The fourth-order valence-corrected chi connectivity index (χ4v) is 3.20. The van der Waals surface area contributed by atoms with Crippen molar-refractivity contribution in [3.8, 4) is 6.07 Å². The molecule has 0 aliphatic carbocycles. The van der Waals surface area contributed by atoms with Gasteiger partial charge in [-0.05, 0) is 37.5 Å². The quantitative estimate of drug-likeness (QED) is 0.857. The highest BCUT2D eigenvalue weighted by Crippen LogP contribution is 2.35. The number of hydrogen-bond acceptors (Lipinski definition) is 3. The second kappa shape index (κ2) is 5.21. The van der Waals surface area contributed by atoms with Crippen LogP contribution in [0, 0.1) is 16.7 Å². The smallest absolute Gasteiger partial charge is 0.298 e. The van der Waals surface area contributed by atoms with Gasteiger partial charge in [0.2, 0.25) is 0 Å². The number of piperidine rings is 1. The maximum absolute atomic E-state index is 12.6. The van der Waals surface area contributed by atoms with E-state index in [-0.39, 0.29) is 17.9 Å². The van der Waals surface area contributed by atoms with Crippen molar-refractivity contribution in [2.45, 2.75) is 31.3 Å². The first-order valence-electron chi connectivity index (χ1n) is 6.60. The third kappa shape index (κ3) is 2.15. The summed E-state index contributed by atoms with van der Waals surface area (Å²) in [5, 5.41) is 18.2. The van der Waals surface area contributed by atoms with E-state index in [1.54, 1.807) is 18.2 Å². The van der Waals surface area contributed by atoms with E-state index in [4.69, 9.17) is 28.6 Å². The lowest BCUT2D eigenvalue weighted by Crippen LogP contribution is -2.45. The van der Waals surface area contributed by atoms with Crippen LogP contribution in [0.1, 0.15) is 19.3 Å². The van der Waals surface area contributed by atoms with E-state index < -0.39 is 6.04 Å². The molecule has 1 aromatic carbocycles. The summed E-state index contributed by atoms with van der Waals surface area (Å²) in [6.45, 7) is 0. The average molecular weight is 323 g/mol. The molecule has 0 aromatic heterocycles. The van der Waals surface area contributed by atoms with Gasteiger partial charge in [0.05, 0.1) is 27.8 Å². The second-order valence-electron chi connectivity index (χ2n) is 5.10. The van der Waals surface area contributed by atoms with E-state index in [9.17, 15) is 10.1 Å². The Hall–Kier alpha value is -1.77. The molecular weight excluding hydrogens is 311 g/mol. The van der Waals surface area contributed by atoms with Crippen molar-refractivity contribution in [1.29, 1.82) is 10.7 Å². The lowest BCUT2D eigenvalue weighted by atomic mass is 9.97. The summed E-state index contributed by atoms with van der Waals surface area (Å²) in [5.41, 5.74) is 0.505. The molecule has 108 valence electrons. The Balaban J connectivity index is 2.00. The molecule has 3 rings (SSSR count). The van der Waals surface area contributed by atoms with E-state index in [2.05, 4.69) is 6.07 Å². The molecule has 2 aliphatic rings. The average Bonchev–Trinajstić information content (AvgIpc) is 2.74. The SMILES string of the molecule is N#CC1CCCC2C(=N)N(c3ccc(Cl)c(Cl)c3)C(=O)N12. The van der Waals surface area contributed by atoms with Crippen LogP contribution in [0.25, 0.3) is 0 Å². The highest BCUT2D eigenvalue weighted by atomic mass is 35.5. The van der Waals surface area contributed by atoms with Gasteiger partial charge in [0.1, 0.15) is 11.9 Å². The van der Waals surface area contributed by atoms with Crippen LogP contribution in [0.15, 0.2) is 18.2 Å². The summed E-state index contributed by atoms with van der Waals surface area (Å²) in [5.74, 6) is 0.193. The number of fused-ring (bicyclic) bond motifs is 1. The van der Waals surface area contributed by atoms with Gasteiger partial charge in [-0.15, -0.1) is 0 Å². The number of carbonyl (C=O) groups excluding carboxylic acids is 1. The summed E-state index contributed by atoms with van der Waals surface area (Å²) in [6.07, 6.45) is 2.20. The highest BCUT2D eigenvalue weighted by Gasteiger charge is 2.48. The van der Waals surface area contributed by atoms with Crippen LogP contribution in [0.4, 0.5) is 10.5 Å². The zero-order valence-corrected chi connectivity index (χ0v) is 12.5. The second-order valence-corrected chi connectivity index (χ2v) is 5.91. The molecule has 2 heterocycles. The number of halogens is 2. The van der Waals surface area contributed by atoms with Crippen LogP contribution in [0.2, 0.25) is 10.0 Å². The highest BCUT2D eigenvalue weighted by molar-refractivity contribution is 6.42. The molecule has 2 saturated heterocycles. The molecular formula is C14H12Cl2N4O. The normalized spacial score (nSPS) is 25.0. The zero-order valence-electron chi connectivity index (χ0n) is 11.0. The lowest BCUT2D eigenvalue weighted by molar-refractivity contribution is 0.173. The number of rotatable bonds is 1. The largest absolute Gasteiger partial charge is 0.331 e. The predicted octanol–water partition coefficient (Wildman–Crippen LogP) is 3.66. The number of nitrogens with one attached hydrogen (secondary N) is 1. The Morgan fingerprint density at radius 2 is 2.05 bits per heavy atom. The first-order valence-corrected chi connectivity index (χ1v) is 7.35. The van der Waals surface area contributed by atoms with E-state index in [1.807, 2.05) is 0 Å². The number of carbonyl (C=O) groups is 1. The van der Waals surface area contributed by atoms with Crippen LogP contribution in [-0.4, -0.2) is 28.9 Å². The molecule has 7 heteroatoms. The molecule has 2 fully saturated rings. The number of nitrogens with zero attached hydrogens (tertiary/aromatic N) is 3. The number of nitriles is 1. The number of hydrogen-bond donors (Lipinski definition) is 1. The van der Waals surface area contributed by atoms with Gasteiger partial charge in [0, 0.05) is 0 Å². The Labute approximate surface area is 132 Å². The van der Waals surface area contributed by atoms with Gasteiger partial charge in [0.15, 0.2) is 0 Å². The molecule has 1 aromatic rings. The van der Waals surface area contributed by atoms with Crippen molar-refractivity contribution in [3.63, 3.8) is 0 Å². The summed E-state index contributed by atoms with van der Waals surface area (Å²) < 4.78 is 0. The van der Waals surface area contributed by atoms with Crippen LogP contribution >= 0.6 is 23.2 Å². The van der Waals surface area contributed by atoms with Gasteiger partial charge < -0.3 is 0 Å². The Morgan fingerprint density at radius 3 is 2.71 bits per heavy atom. The predicted molar refractivity (Wildman–Crippen MR) is 80.9 cm³/mol. The summed E-state index contributed by atoms with van der Waals surface area (Å²) in [7, 11) is 0. The first kappa shape index (κ1) is 14.2. The molecule has 5 nitrogen and oxygen atoms in total. The molecule has 21 heavy (non-hydrogen) atoms. The van der Waals surface area contributed by atoms with Crippen molar-refractivity contribution in [3.05, 3.63) is 28.2 Å². The van der Waals surface area contributed by atoms with Crippen molar-refractivity contribution >= 4 is 40.8 Å². The van der Waals surface area contributed by atoms with E-state index in [0.717, 1.165) is 6.42 Å². The molecule has 2 amide bonds. The maximum Gasteiger partial charge on any atom is 0.331 e. The minimum absolute atomic E-state index is 0.193. The third-order valence-corrected chi connectivity index (χ3v) is 4.64. The Kier molecular flexibility index (Phi) is 3.52. The van der Waals surface area contributed by atoms with E-state index in [0.29, 0.717) is 28.6 Å². The van der Waals surface area contributed by atoms with Gasteiger partial charge in [-0.25, -0.2) is 9.69 Å². The number of amides is 2. The number of benzene rings is 1. The standard InChI is InChI=1S/C14H12Cl2N4O/c15-10-5-4-8(6-11(10)16)20-13(18)12-3-1-2-9(7-17)19(12)14(20)21/h4-6,9,12,18H,1-3H2. The Bertz CT molecular complexity index is 669. The monoisotopic (exact) mass is 322 g/mol.